The van der Waals surface area contributed by atoms with Crippen LogP contribution in [0.2, 0.25) is 0 Å². The molecule has 0 spiro atoms. The molecule has 33 heavy (non-hydrogen) atoms. The number of hydrogen-bond donors (Lipinski definition) is 2. The molecule has 2 amide bonds. The molecule has 2 N–H and O–H groups in total. The monoisotopic (exact) mass is 451 g/mol. The normalized spacial score (nSPS) is 22.2. The molecule has 2 saturated heterocycles. The van der Waals surface area contributed by atoms with Crippen molar-refractivity contribution in [3.05, 3.63) is 60.2 Å². The van der Waals surface area contributed by atoms with Crippen LogP contribution in [0.15, 0.2) is 54.6 Å². The van der Waals surface area contributed by atoms with Gasteiger partial charge in [0.1, 0.15) is 6.61 Å². The number of benzene rings is 2. The molecule has 2 fully saturated rings. The Balaban J connectivity index is 1.31. The summed E-state index contributed by atoms with van der Waals surface area (Å²) in [5.41, 5.74) is 1.06. The Morgan fingerprint density at radius 2 is 1.85 bits per heavy atom. The van der Waals surface area contributed by atoms with Crippen molar-refractivity contribution >= 4 is 29.2 Å². The molecular weight excluding hydrogens is 422 g/mol. The van der Waals surface area contributed by atoms with Crippen LogP contribution in [-0.2, 0) is 14.3 Å². The topological polar surface area (TPSA) is 99.2 Å². The molecule has 0 aromatic heterocycles. The molecule has 8 nitrogen and oxygen atoms in total. The van der Waals surface area contributed by atoms with E-state index in [1.807, 2.05) is 35.2 Å². The second kappa shape index (κ2) is 9.72. The molecule has 2 aromatic carbocycles. The number of rotatable bonds is 6. The number of amides is 2. The van der Waals surface area contributed by atoms with Crippen LogP contribution in [0.5, 0.6) is 0 Å². The van der Waals surface area contributed by atoms with E-state index in [9.17, 15) is 14.4 Å². The average Bonchev–Trinajstić information content (AvgIpc) is 2.82. The van der Waals surface area contributed by atoms with Crippen molar-refractivity contribution < 1.29 is 24.2 Å². The molecule has 1 unspecified atom stereocenters. The van der Waals surface area contributed by atoms with Gasteiger partial charge in [-0.2, -0.15) is 0 Å². The first kappa shape index (κ1) is 22.9. The van der Waals surface area contributed by atoms with E-state index in [4.69, 9.17) is 9.84 Å². The van der Waals surface area contributed by atoms with Crippen molar-refractivity contribution in [2.24, 2.45) is 5.92 Å². The number of carbonyl (C=O) groups is 3. The van der Waals surface area contributed by atoms with Gasteiger partial charge in [-0.1, -0.05) is 24.3 Å². The van der Waals surface area contributed by atoms with E-state index in [-0.39, 0.29) is 36.4 Å². The third-order valence-corrected chi connectivity index (χ3v) is 6.58. The summed E-state index contributed by atoms with van der Waals surface area (Å²) in [6.45, 7) is 4.43. The molecule has 2 heterocycles. The highest BCUT2D eigenvalue weighted by Gasteiger charge is 2.43. The van der Waals surface area contributed by atoms with E-state index in [0.29, 0.717) is 12.2 Å². The number of aromatic carboxylic acids is 1. The molecule has 0 bridgehead atoms. The van der Waals surface area contributed by atoms with Crippen LogP contribution in [0.3, 0.4) is 0 Å². The molecule has 2 aromatic rings. The van der Waals surface area contributed by atoms with Crippen molar-refractivity contribution in [1.82, 2.24) is 4.90 Å². The number of ether oxygens (including phenoxy) is 1. The van der Waals surface area contributed by atoms with Crippen molar-refractivity contribution in [3.8, 4) is 0 Å². The molecule has 4 rings (SSSR count). The SMILES string of the molecule is CC1(C2CCN(CC(=O)Nc3cccc(C(=O)O)c3)CC2)CN(c2ccccc2)C(=O)CO1. The molecule has 2 aliphatic rings. The highest BCUT2D eigenvalue weighted by Crippen LogP contribution is 2.35. The average molecular weight is 452 g/mol. The van der Waals surface area contributed by atoms with Gasteiger partial charge in [-0.3, -0.25) is 14.5 Å². The Morgan fingerprint density at radius 3 is 2.55 bits per heavy atom. The molecule has 0 saturated carbocycles. The minimum Gasteiger partial charge on any atom is -0.478 e. The number of nitrogens with zero attached hydrogens (tertiary/aromatic N) is 2. The quantitative estimate of drug-likeness (QED) is 0.701. The summed E-state index contributed by atoms with van der Waals surface area (Å²) < 4.78 is 6.06. The lowest BCUT2D eigenvalue weighted by atomic mass is 9.80. The van der Waals surface area contributed by atoms with E-state index in [1.54, 1.807) is 12.1 Å². The van der Waals surface area contributed by atoms with Gasteiger partial charge in [-0.05, 0) is 69.1 Å². The Hall–Kier alpha value is -3.23. The maximum absolute atomic E-state index is 12.5. The number of carboxylic acids is 1. The third kappa shape index (κ3) is 5.40. The van der Waals surface area contributed by atoms with Crippen LogP contribution >= 0.6 is 0 Å². The summed E-state index contributed by atoms with van der Waals surface area (Å²) in [6, 6.07) is 15.9. The van der Waals surface area contributed by atoms with Gasteiger partial charge in [0.25, 0.3) is 5.91 Å². The number of nitrogens with one attached hydrogen (secondary N) is 1. The number of likely N-dealkylation sites (tertiary alicyclic amines) is 1. The first-order valence-corrected chi connectivity index (χ1v) is 11.2. The Labute approximate surface area is 193 Å². The van der Waals surface area contributed by atoms with Crippen LogP contribution in [-0.4, -0.2) is 66.2 Å². The standard InChI is InChI=1S/C25H29N3O5/c1-25(17-28(23(30)16-33-25)21-8-3-2-4-9-21)19-10-12-27(13-11-19)15-22(29)26-20-7-5-6-18(14-20)24(31)32/h2-9,14,19H,10-13,15-17H2,1H3,(H,26,29)(H,31,32). The smallest absolute Gasteiger partial charge is 0.335 e. The van der Waals surface area contributed by atoms with Gasteiger partial charge in [0, 0.05) is 11.4 Å². The minimum absolute atomic E-state index is 0.0280. The second-order valence-electron chi connectivity index (χ2n) is 8.90. The molecule has 0 aliphatic carbocycles. The largest absolute Gasteiger partial charge is 0.478 e. The number of hydrogen-bond acceptors (Lipinski definition) is 5. The Kier molecular flexibility index (Phi) is 6.76. The summed E-state index contributed by atoms with van der Waals surface area (Å²) in [5, 5.41) is 11.9. The number of carboxylic acid groups (broad SMARTS) is 1. The van der Waals surface area contributed by atoms with Crippen molar-refractivity contribution in [1.29, 1.82) is 0 Å². The maximum Gasteiger partial charge on any atom is 0.335 e. The van der Waals surface area contributed by atoms with Crippen molar-refractivity contribution in [2.75, 3.05) is 43.0 Å². The first-order valence-electron chi connectivity index (χ1n) is 11.2. The van der Waals surface area contributed by atoms with Crippen LogP contribution in [0.1, 0.15) is 30.1 Å². The van der Waals surface area contributed by atoms with Crippen molar-refractivity contribution in [2.45, 2.75) is 25.4 Å². The van der Waals surface area contributed by atoms with Crippen molar-refractivity contribution in [3.63, 3.8) is 0 Å². The minimum atomic E-state index is -1.03. The molecular formula is C25H29N3O5. The van der Waals surface area contributed by atoms with Gasteiger partial charge in [0.2, 0.25) is 5.91 Å². The van der Waals surface area contributed by atoms with Gasteiger partial charge >= 0.3 is 5.97 Å². The van der Waals surface area contributed by atoms with Crippen LogP contribution in [0, 0.1) is 5.92 Å². The van der Waals surface area contributed by atoms with E-state index in [2.05, 4.69) is 17.1 Å². The van der Waals surface area contributed by atoms with Crippen LogP contribution in [0.25, 0.3) is 0 Å². The summed E-state index contributed by atoms with van der Waals surface area (Å²) >= 11 is 0. The number of piperidine rings is 1. The number of morpholine rings is 1. The summed E-state index contributed by atoms with van der Waals surface area (Å²) in [5.74, 6) is -0.945. The Morgan fingerprint density at radius 1 is 1.12 bits per heavy atom. The molecule has 8 heteroatoms. The highest BCUT2D eigenvalue weighted by atomic mass is 16.5. The third-order valence-electron chi connectivity index (χ3n) is 6.58. The predicted octanol–water partition coefficient (Wildman–Crippen LogP) is 2.86. The summed E-state index contributed by atoms with van der Waals surface area (Å²) in [4.78, 5) is 40.0. The lowest BCUT2D eigenvalue weighted by Gasteiger charge is -2.47. The fraction of sp³-hybridized carbons (Fsp3) is 0.400. The maximum atomic E-state index is 12.5. The zero-order valence-corrected chi connectivity index (χ0v) is 18.7. The zero-order valence-electron chi connectivity index (χ0n) is 18.7. The number of carbonyl (C=O) groups excluding carboxylic acids is 2. The van der Waals surface area contributed by atoms with Crippen LogP contribution in [0.4, 0.5) is 11.4 Å². The van der Waals surface area contributed by atoms with Gasteiger partial charge in [-0.25, -0.2) is 4.79 Å². The molecule has 2 aliphatic heterocycles. The van der Waals surface area contributed by atoms with Gasteiger partial charge in [0.15, 0.2) is 0 Å². The first-order chi connectivity index (χ1) is 15.8. The van der Waals surface area contributed by atoms with E-state index < -0.39 is 11.6 Å². The molecule has 0 radical (unpaired) electrons. The number of anilines is 2. The van der Waals surface area contributed by atoms with Gasteiger partial charge in [0.05, 0.1) is 24.3 Å². The van der Waals surface area contributed by atoms with Gasteiger partial charge in [-0.15, -0.1) is 0 Å². The highest BCUT2D eigenvalue weighted by molar-refractivity contribution is 5.95. The molecule has 174 valence electrons. The Bertz CT molecular complexity index is 1020. The fourth-order valence-corrected chi connectivity index (χ4v) is 4.68. The van der Waals surface area contributed by atoms with E-state index in [0.717, 1.165) is 31.6 Å². The summed E-state index contributed by atoms with van der Waals surface area (Å²) in [6.07, 6.45) is 1.74. The summed E-state index contributed by atoms with van der Waals surface area (Å²) in [7, 11) is 0. The zero-order chi connectivity index (χ0) is 23.4. The fourth-order valence-electron chi connectivity index (χ4n) is 4.68. The number of para-hydroxylation sites is 1. The molecule has 1 atom stereocenters. The lowest BCUT2D eigenvalue weighted by Crippen LogP contribution is -2.58. The van der Waals surface area contributed by atoms with E-state index >= 15 is 0 Å². The van der Waals surface area contributed by atoms with Crippen LogP contribution < -0.4 is 10.2 Å². The second-order valence-corrected chi connectivity index (χ2v) is 8.90. The lowest BCUT2D eigenvalue weighted by molar-refractivity contribution is -0.146. The van der Waals surface area contributed by atoms with E-state index in [1.165, 1.54) is 12.1 Å². The van der Waals surface area contributed by atoms with Gasteiger partial charge < -0.3 is 20.1 Å². The predicted molar refractivity (Wildman–Crippen MR) is 124 cm³/mol.